The monoisotopic (exact) mass is 509 g/mol. The van der Waals surface area contributed by atoms with Gasteiger partial charge in [0.05, 0.1) is 6.42 Å². The molecule has 9 heteroatoms. The first-order valence-electron chi connectivity index (χ1n) is 12.2. The van der Waals surface area contributed by atoms with Crippen molar-refractivity contribution >= 4 is 23.9 Å². The molecule has 0 bridgehead atoms. The molecule has 9 nitrogen and oxygen atoms in total. The van der Waals surface area contributed by atoms with Gasteiger partial charge in [-0.05, 0) is 28.2 Å². The molecule has 0 saturated heterocycles. The summed E-state index contributed by atoms with van der Waals surface area (Å²) in [4.78, 5) is 54.3. The van der Waals surface area contributed by atoms with Gasteiger partial charge in [-0.1, -0.05) is 62.4 Å². The molecule has 0 spiro atoms. The fourth-order valence-corrected chi connectivity index (χ4v) is 4.92. The van der Waals surface area contributed by atoms with Crippen molar-refractivity contribution < 1.29 is 29.0 Å². The second-order valence-electron chi connectivity index (χ2n) is 9.90. The Morgan fingerprint density at radius 3 is 1.81 bits per heavy atom. The number of rotatable bonds is 9. The lowest BCUT2D eigenvalue weighted by atomic mass is 9.98. The normalized spacial score (nSPS) is 13.8. The Hall–Kier alpha value is -3.88. The van der Waals surface area contributed by atoms with E-state index < -0.39 is 42.4 Å². The van der Waals surface area contributed by atoms with E-state index in [0.29, 0.717) is 0 Å². The summed E-state index contributed by atoms with van der Waals surface area (Å²) in [5.41, 5.74) is 4.38. The van der Waals surface area contributed by atoms with Gasteiger partial charge in [0, 0.05) is 34.1 Å². The molecule has 2 aromatic rings. The van der Waals surface area contributed by atoms with Crippen LogP contribution in [0.1, 0.15) is 37.3 Å². The molecule has 0 aliphatic heterocycles. The zero-order chi connectivity index (χ0) is 27.4. The third-order valence-corrected chi connectivity index (χ3v) is 6.83. The van der Waals surface area contributed by atoms with E-state index in [4.69, 9.17) is 4.74 Å². The first-order valence-corrected chi connectivity index (χ1v) is 12.2. The molecule has 0 radical (unpaired) electrons. The van der Waals surface area contributed by atoms with Crippen molar-refractivity contribution in [3.63, 3.8) is 0 Å². The maximum atomic E-state index is 13.5. The predicted molar refractivity (Wildman–Crippen MR) is 139 cm³/mol. The average Bonchev–Trinajstić information content (AvgIpc) is 3.18. The molecule has 3 amide bonds. The number of benzene rings is 2. The molecule has 3 rings (SSSR count). The number of nitrogens with zero attached hydrogens (tertiary/aromatic N) is 3. The van der Waals surface area contributed by atoms with Gasteiger partial charge in [0.1, 0.15) is 18.7 Å². The summed E-state index contributed by atoms with van der Waals surface area (Å²) in [6.07, 6.45) is -1.21. The number of carboxylic acids is 1. The molecule has 2 unspecified atom stereocenters. The van der Waals surface area contributed by atoms with Crippen LogP contribution in [-0.2, 0) is 19.1 Å². The SMILES string of the molecule is CC(C)C(C(=O)N(C)C(CC(=O)O)C(=O)N(C)C)N(C)C(=O)OCC1c2ccccc2-c2ccccc21. The molecular formula is C28H35N3O6. The van der Waals surface area contributed by atoms with Gasteiger partial charge in [-0.2, -0.15) is 0 Å². The minimum absolute atomic E-state index is 0.104. The van der Waals surface area contributed by atoms with Crippen molar-refractivity contribution in [2.24, 2.45) is 5.92 Å². The van der Waals surface area contributed by atoms with Crippen LogP contribution in [0.5, 0.6) is 0 Å². The van der Waals surface area contributed by atoms with E-state index in [9.17, 15) is 24.3 Å². The Morgan fingerprint density at radius 2 is 1.35 bits per heavy atom. The Kier molecular flexibility index (Phi) is 8.57. The van der Waals surface area contributed by atoms with Crippen LogP contribution < -0.4 is 0 Å². The molecular weight excluding hydrogens is 474 g/mol. The molecule has 1 aliphatic carbocycles. The number of fused-ring (bicyclic) bond motifs is 3. The van der Waals surface area contributed by atoms with Crippen LogP contribution in [0.3, 0.4) is 0 Å². The molecule has 1 aliphatic rings. The largest absolute Gasteiger partial charge is 0.481 e. The van der Waals surface area contributed by atoms with Crippen LogP contribution in [0.25, 0.3) is 11.1 Å². The van der Waals surface area contributed by atoms with Gasteiger partial charge in [-0.3, -0.25) is 19.3 Å². The average molecular weight is 510 g/mol. The van der Waals surface area contributed by atoms with E-state index in [0.717, 1.165) is 27.2 Å². The maximum absolute atomic E-state index is 13.5. The predicted octanol–water partition coefficient (Wildman–Crippen LogP) is 3.28. The smallest absolute Gasteiger partial charge is 0.410 e. The topological polar surface area (TPSA) is 107 Å². The number of ether oxygens (including phenoxy) is 1. The summed E-state index contributed by atoms with van der Waals surface area (Å²) >= 11 is 0. The van der Waals surface area contributed by atoms with Gasteiger partial charge in [-0.15, -0.1) is 0 Å². The molecule has 0 heterocycles. The summed E-state index contributed by atoms with van der Waals surface area (Å²) in [7, 11) is 5.87. The number of carbonyl (C=O) groups is 4. The van der Waals surface area contributed by atoms with E-state index >= 15 is 0 Å². The lowest BCUT2D eigenvalue weighted by Crippen LogP contribution is -2.56. The quantitative estimate of drug-likeness (QED) is 0.556. The first kappa shape index (κ1) is 27.7. The van der Waals surface area contributed by atoms with Gasteiger partial charge in [-0.25, -0.2) is 4.79 Å². The minimum atomic E-state index is -1.20. The highest BCUT2D eigenvalue weighted by molar-refractivity contribution is 5.93. The number of carboxylic acid groups (broad SMARTS) is 1. The zero-order valence-electron chi connectivity index (χ0n) is 22.2. The molecule has 0 fully saturated rings. The fourth-order valence-electron chi connectivity index (χ4n) is 4.92. The summed E-state index contributed by atoms with van der Waals surface area (Å²) in [6.45, 7) is 3.67. The number of amides is 3. The lowest BCUT2D eigenvalue weighted by Gasteiger charge is -2.36. The summed E-state index contributed by atoms with van der Waals surface area (Å²) < 4.78 is 5.72. The number of hydrogen-bond donors (Lipinski definition) is 1. The number of hydrogen-bond acceptors (Lipinski definition) is 5. The van der Waals surface area contributed by atoms with Crippen molar-refractivity contribution in [3.05, 3.63) is 59.7 Å². The van der Waals surface area contributed by atoms with E-state index in [1.807, 2.05) is 48.5 Å². The Bertz CT molecular complexity index is 1130. The first-order chi connectivity index (χ1) is 17.5. The third kappa shape index (κ3) is 5.76. The second kappa shape index (κ2) is 11.5. The zero-order valence-corrected chi connectivity index (χ0v) is 22.2. The summed E-state index contributed by atoms with van der Waals surface area (Å²) in [6, 6.07) is 13.9. The van der Waals surface area contributed by atoms with Gasteiger partial charge >= 0.3 is 12.1 Å². The van der Waals surface area contributed by atoms with Crippen LogP contribution in [0.4, 0.5) is 4.79 Å². The van der Waals surface area contributed by atoms with E-state index in [-0.39, 0.29) is 18.4 Å². The standard InChI is InChI=1S/C28H35N3O6/c1-17(2)25(27(35)30(5)23(15-24(32)33)26(34)29(3)4)31(6)28(36)37-16-22-20-13-9-7-11-18(20)19-12-8-10-14-21(19)22/h7-14,17,22-23,25H,15-16H2,1-6H3,(H,32,33). The van der Waals surface area contributed by atoms with Gasteiger partial charge in [0.15, 0.2) is 0 Å². The second-order valence-corrected chi connectivity index (χ2v) is 9.90. The molecule has 0 saturated carbocycles. The highest BCUT2D eigenvalue weighted by Crippen LogP contribution is 2.44. The van der Waals surface area contributed by atoms with Gasteiger partial charge in [0.25, 0.3) is 0 Å². The minimum Gasteiger partial charge on any atom is -0.481 e. The number of aliphatic carboxylic acids is 1. The maximum Gasteiger partial charge on any atom is 0.410 e. The highest BCUT2D eigenvalue weighted by Gasteiger charge is 2.39. The third-order valence-electron chi connectivity index (χ3n) is 6.83. The molecule has 0 aromatic heterocycles. The molecule has 1 N–H and O–H groups in total. The molecule has 37 heavy (non-hydrogen) atoms. The fraction of sp³-hybridized carbons (Fsp3) is 0.429. The van der Waals surface area contributed by atoms with Crippen LogP contribution in [-0.4, -0.2) is 90.6 Å². The summed E-state index contributed by atoms with van der Waals surface area (Å²) in [5, 5.41) is 9.31. The van der Waals surface area contributed by atoms with E-state index in [1.165, 1.54) is 38.0 Å². The number of likely N-dealkylation sites (N-methyl/N-ethyl adjacent to an activating group) is 3. The van der Waals surface area contributed by atoms with Crippen LogP contribution in [0.2, 0.25) is 0 Å². The van der Waals surface area contributed by atoms with Crippen molar-refractivity contribution in [3.8, 4) is 11.1 Å². The van der Waals surface area contributed by atoms with Crippen molar-refractivity contribution in [1.82, 2.24) is 14.7 Å². The van der Waals surface area contributed by atoms with Crippen molar-refractivity contribution in [2.75, 3.05) is 34.8 Å². The lowest BCUT2D eigenvalue weighted by molar-refractivity contribution is -0.150. The van der Waals surface area contributed by atoms with E-state index in [2.05, 4.69) is 0 Å². The Balaban J connectivity index is 1.77. The van der Waals surface area contributed by atoms with Crippen molar-refractivity contribution in [2.45, 2.75) is 38.3 Å². The Morgan fingerprint density at radius 1 is 0.838 bits per heavy atom. The van der Waals surface area contributed by atoms with E-state index in [1.54, 1.807) is 13.8 Å². The number of carbonyl (C=O) groups excluding carboxylic acids is 3. The van der Waals surface area contributed by atoms with Crippen molar-refractivity contribution in [1.29, 1.82) is 0 Å². The van der Waals surface area contributed by atoms with Crippen LogP contribution in [0.15, 0.2) is 48.5 Å². The van der Waals surface area contributed by atoms with Gasteiger partial charge in [0.2, 0.25) is 11.8 Å². The summed E-state index contributed by atoms with van der Waals surface area (Å²) in [5.74, 6) is -2.69. The molecule has 2 atom stereocenters. The highest BCUT2D eigenvalue weighted by atomic mass is 16.6. The molecule has 2 aromatic carbocycles. The molecule has 198 valence electrons. The Labute approximate surface area is 217 Å². The van der Waals surface area contributed by atoms with Crippen LogP contribution >= 0.6 is 0 Å². The van der Waals surface area contributed by atoms with Crippen LogP contribution in [0, 0.1) is 5.92 Å². The van der Waals surface area contributed by atoms with Gasteiger partial charge < -0.3 is 19.6 Å².